The predicted molar refractivity (Wildman–Crippen MR) is 35.8 cm³/mol. The number of rotatable bonds is 3. The van der Waals surface area contributed by atoms with E-state index in [9.17, 15) is 0 Å². The Kier molecular flexibility index (Phi) is 2.97. The molecule has 1 N–H and O–H groups in total. The van der Waals surface area contributed by atoms with Gasteiger partial charge in [0.15, 0.2) is 0 Å². The third-order valence-corrected chi connectivity index (χ3v) is 2.78. The van der Waals surface area contributed by atoms with Crippen molar-refractivity contribution in [2.75, 3.05) is 6.79 Å². The molecule has 0 aromatic carbocycles. The SMILES string of the molecule is C=C[Si](C)(C)OCO. The highest BCUT2D eigenvalue weighted by atomic mass is 28.4. The van der Waals surface area contributed by atoms with Crippen LogP contribution in [0.5, 0.6) is 0 Å². The first kappa shape index (κ1) is 7.88. The summed E-state index contributed by atoms with van der Waals surface area (Å²) in [7, 11) is -1.66. The van der Waals surface area contributed by atoms with Gasteiger partial charge in [-0.05, 0) is 13.1 Å². The molecule has 0 aromatic heterocycles. The molecule has 2 nitrogen and oxygen atoms in total. The monoisotopic (exact) mass is 132 g/mol. The summed E-state index contributed by atoms with van der Waals surface area (Å²) in [5.41, 5.74) is 1.78. The zero-order chi connectivity index (χ0) is 6.62. The van der Waals surface area contributed by atoms with Gasteiger partial charge in [-0.25, -0.2) is 0 Å². The fourth-order valence-electron chi connectivity index (χ4n) is 0.225. The van der Waals surface area contributed by atoms with Crippen molar-refractivity contribution in [2.45, 2.75) is 13.1 Å². The maximum absolute atomic E-state index is 8.30. The van der Waals surface area contributed by atoms with Crippen molar-refractivity contribution in [1.29, 1.82) is 0 Å². The highest BCUT2D eigenvalue weighted by Crippen LogP contribution is 2.02. The van der Waals surface area contributed by atoms with Crippen LogP contribution in [0, 0.1) is 0 Å². The van der Waals surface area contributed by atoms with Crippen molar-refractivity contribution in [1.82, 2.24) is 0 Å². The van der Waals surface area contributed by atoms with Crippen molar-refractivity contribution in [3.63, 3.8) is 0 Å². The number of aliphatic hydroxyl groups is 1. The van der Waals surface area contributed by atoms with Crippen LogP contribution in [0.3, 0.4) is 0 Å². The van der Waals surface area contributed by atoms with Crippen molar-refractivity contribution < 1.29 is 9.53 Å². The van der Waals surface area contributed by atoms with Crippen LogP contribution < -0.4 is 0 Å². The van der Waals surface area contributed by atoms with E-state index in [0.717, 1.165) is 0 Å². The summed E-state index contributed by atoms with van der Waals surface area (Å²) in [6.07, 6.45) is 0. The van der Waals surface area contributed by atoms with Crippen LogP contribution in [0.15, 0.2) is 12.3 Å². The Hall–Kier alpha value is -0.123. The van der Waals surface area contributed by atoms with E-state index in [4.69, 9.17) is 9.53 Å². The van der Waals surface area contributed by atoms with Gasteiger partial charge in [-0.2, -0.15) is 0 Å². The van der Waals surface area contributed by atoms with E-state index in [0.29, 0.717) is 0 Å². The summed E-state index contributed by atoms with van der Waals surface area (Å²) in [6.45, 7) is 7.32. The first-order valence-electron chi connectivity index (χ1n) is 2.51. The molecule has 0 bridgehead atoms. The van der Waals surface area contributed by atoms with E-state index in [1.54, 1.807) is 5.70 Å². The van der Waals surface area contributed by atoms with Crippen LogP contribution in [0.4, 0.5) is 0 Å². The Morgan fingerprint density at radius 2 is 2.25 bits per heavy atom. The largest absolute Gasteiger partial charge is 0.391 e. The summed E-state index contributed by atoms with van der Waals surface area (Å²) in [4.78, 5) is 0. The first-order chi connectivity index (χ1) is 3.62. The van der Waals surface area contributed by atoms with Crippen LogP contribution >= 0.6 is 0 Å². The first-order valence-corrected chi connectivity index (χ1v) is 5.49. The summed E-state index contributed by atoms with van der Waals surface area (Å²) < 4.78 is 4.95. The van der Waals surface area contributed by atoms with E-state index in [2.05, 4.69) is 6.58 Å². The lowest BCUT2D eigenvalue weighted by Gasteiger charge is -2.14. The van der Waals surface area contributed by atoms with Gasteiger partial charge in [-0.3, -0.25) is 0 Å². The van der Waals surface area contributed by atoms with Crippen LogP contribution in [0.1, 0.15) is 0 Å². The maximum Gasteiger partial charge on any atom is 0.213 e. The van der Waals surface area contributed by atoms with E-state index >= 15 is 0 Å². The molecule has 0 rings (SSSR count). The molecule has 0 amide bonds. The third-order valence-electron chi connectivity index (χ3n) is 0.928. The molecule has 0 aliphatic heterocycles. The average molecular weight is 132 g/mol. The van der Waals surface area contributed by atoms with Crippen molar-refractivity contribution in [3.05, 3.63) is 12.3 Å². The van der Waals surface area contributed by atoms with Crippen LogP contribution in [0.2, 0.25) is 13.1 Å². The molecular formula is C5H12O2Si. The fourth-order valence-corrected chi connectivity index (χ4v) is 0.676. The molecule has 0 fully saturated rings. The Morgan fingerprint density at radius 3 is 2.38 bits per heavy atom. The average Bonchev–Trinajstić information content (AvgIpc) is 1.67. The predicted octanol–water partition coefficient (Wildman–Crippen LogP) is 0.883. The topological polar surface area (TPSA) is 29.5 Å². The molecule has 48 valence electrons. The van der Waals surface area contributed by atoms with Gasteiger partial charge < -0.3 is 9.53 Å². The minimum Gasteiger partial charge on any atom is -0.391 e. The van der Waals surface area contributed by atoms with E-state index in [1.807, 2.05) is 13.1 Å². The van der Waals surface area contributed by atoms with Gasteiger partial charge >= 0.3 is 0 Å². The summed E-state index contributed by atoms with van der Waals surface area (Å²) in [5.74, 6) is 0. The second-order valence-electron chi connectivity index (χ2n) is 2.08. The molecule has 8 heavy (non-hydrogen) atoms. The van der Waals surface area contributed by atoms with Crippen molar-refractivity contribution >= 4 is 8.32 Å². The van der Waals surface area contributed by atoms with Gasteiger partial charge in [-0.15, -0.1) is 6.58 Å². The summed E-state index contributed by atoms with van der Waals surface area (Å²) >= 11 is 0. The highest BCUT2D eigenvalue weighted by Gasteiger charge is 2.15. The second kappa shape index (κ2) is 3.01. The van der Waals surface area contributed by atoms with Gasteiger partial charge in [-0.1, -0.05) is 5.70 Å². The molecule has 0 radical (unpaired) electrons. The van der Waals surface area contributed by atoms with Crippen LogP contribution in [-0.2, 0) is 4.43 Å². The molecule has 0 heterocycles. The lowest BCUT2D eigenvalue weighted by atomic mass is 11.3. The minimum absolute atomic E-state index is 0.189. The Labute approximate surface area is 50.9 Å². The molecule has 0 atom stereocenters. The lowest BCUT2D eigenvalue weighted by Crippen LogP contribution is -2.27. The van der Waals surface area contributed by atoms with Gasteiger partial charge in [0.25, 0.3) is 0 Å². The number of aliphatic hydroxyl groups excluding tert-OH is 1. The van der Waals surface area contributed by atoms with Gasteiger partial charge in [0, 0.05) is 0 Å². The zero-order valence-electron chi connectivity index (χ0n) is 5.35. The normalized spacial score (nSPS) is 11.4. The Bertz CT molecular complexity index is 80.5. The Balaban J connectivity index is 3.53. The number of hydrogen-bond acceptors (Lipinski definition) is 2. The van der Waals surface area contributed by atoms with Crippen molar-refractivity contribution in [2.24, 2.45) is 0 Å². The molecule has 0 saturated carbocycles. The molecule has 0 saturated heterocycles. The van der Waals surface area contributed by atoms with E-state index in [-0.39, 0.29) is 6.79 Å². The summed E-state index contributed by atoms with van der Waals surface area (Å²) in [5, 5.41) is 8.30. The van der Waals surface area contributed by atoms with Gasteiger partial charge in [0.05, 0.1) is 0 Å². The van der Waals surface area contributed by atoms with E-state index in [1.165, 1.54) is 0 Å². The smallest absolute Gasteiger partial charge is 0.213 e. The van der Waals surface area contributed by atoms with E-state index < -0.39 is 8.32 Å². The van der Waals surface area contributed by atoms with Crippen LogP contribution in [0.25, 0.3) is 0 Å². The molecule has 0 spiro atoms. The second-order valence-corrected chi connectivity index (χ2v) is 5.98. The molecule has 0 aliphatic carbocycles. The molecule has 0 aliphatic rings. The van der Waals surface area contributed by atoms with Gasteiger partial charge in [0.1, 0.15) is 6.79 Å². The van der Waals surface area contributed by atoms with Crippen LogP contribution in [-0.4, -0.2) is 20.2 Å². The standard InChI is InChI=1S/C5H12O2Si/c1-4-8(2,3)7-5-6/h4,6H,1,5H2,2-3H3. The fraction of sp³-hybridized carbons (Fsp3) is 0.600. The highest BCUT2D eigenvalue weighted by molar-refractivity contribution is 6.76. The number of hydrogen-bond donors (Lipinski definition) is 1. The summed E-state index contributed by atoms with van der Waals surface area (Å²) in [6, 6.07) is 0. The molecule has 3 heteroatoms. The lowest BCUT2D eigenvalue weighted by molar-refractivity contribution is 0.0938. The zero-order valence-corrected chi connectivity index (χ0v) is 6.35. The minimum atomic E-state index is -1.66. The molecular weight excluding hydrogens is 120 g/mol. The van der Waals surface area contributed by atoms with Gasteiger partial charge in [0.2, 0.25) is 8.32 Å². The molecule has 0 unspecified atom stereocenters. The molecule has 0 aromatic rings. The van der Waals surface area contributed by atoms with Crippen molar-refractivity contribution in [3.8, 4) is 0 Å². The third kappa shape index (κ3) is 2.96. The maximum atomic E-state index is 8.30. The Morgan fingerprint density at radius 1 is 1.75 bits per heavy atom. The quantitative estimate of drug-likeness (QED) is 0.456.